The second-order valence-corrected chi connectivity index (χ2v) is 4.35. The second kappa shape index (κ2) is 3.92. The molecular formula is C12H14N2O3. The van der Waals surface area contributed by atoms with Gasteiger partial charge in [-0.15, -0.1) is 0 Å². The molecule has 5 nitrogen and oxygen atoms in total. The van der Waals surface area contributed by atoms with Gasteiger partial charge < -0.3 is 20.5 Å². The maximum atomic E-state index is 11.2. The van der Waals surface area contributed by atoms with Crippen LogP contribution in [0.3, 0.4) is 0 Å². The van der Waals surface area contributed by atoms with Gasteiger partial charge in [0.05, 0.1) is 6.54 Å². The van der Waals surface area contributed by atoms with Gasteiger partial charge in [0.15, 0.2) is 11.5 Å². The highest BCUT2D eigenvalue weighted by molar-refractivity contribution is 5.78. The first kappa shape index (κ1) is 10.4. The van der Waals surface area contributed by atoms with Crippen molar-refractivity contribution in [2.75, 3.05) is 13.3 Å². The quantitative estimate of drug-likeness (QED) is 0.753. The van der Waals surface area contributed by atoms with E-state index in [1.807, 2.05) is 12.1 Å². The van der Waals surface area contributed by atoms with Crippen molar-refractivity contribution in [3.63, 3.8) is 0 Å². The lowest BCUT2D eigenvalue weighted by Gasteiger charge is -2.10. The van der Waals surface area contributed by atoms with E-state index in [9.17, 15) is 4.79 Å². The third-order valence-corrected chi connectivity index (χ3v) is 3.18. The van der Waals surface area contributed by atoms with Crippen LogP contribution in [0.2, 0.25) is 0 Å². The number of rotatable bonds is 2. The van der Waals surface area contributed by atoms with E-state index in [0.29, 0.717) is 6.79 Å². The molecule has 3 N–H and O–H groups in total. The molecule has 1 aliphatic carbocycles. The number of amides is 1. The van der Waals surface area contributed by atoms with Crippen molar-refractivity contribution in [3.05, 3.63) is 23.3 Å². The number of nitrogens with one attached hydrogen (secondary N) is 1. The van der Waals surface area contributed by atoms with Crippen LogP contribution in [0.1, 0.15) is 11.1 Å². The topological polar surface area (TPSA) is 73.6 Å². The molecule has 1 heterocycles. The number of nitrogens with two attached hydrogens (primary N) is 1. The first-order valence-corrected chi connectivity index (χ1v) is 5.67. The van der Waals surface area contributed by atoms with Crippen molar-refractivity contribution in [2.24, 2.45) is 5.73 Å². The van der Waals surface area contributed by atoms with Crippen LogP contribution in [0.5, 0.6) is 11.5 Å². The van der Waals surface area contributed by atoms with Crippen LogP contribution in [-0.4, -0.2) is 25.3 Å². The highest BCUT2D eigenvalue weighted by atomic mass is 16.7. The molecule has 0 atom stereocenters. The van der Waals surface area contributed by atoms with Gasteiger partial charge >= 0.3 is 0 Å². The Morgan fingerprint density at radius 3 is 2.41 bits per heavy atom. The van der Waals surface area contributed by atoms with Crippen LogP contribution in [0.25, 0.3) is 0 Å². The highest BCUT2D eigenvalue weighted by Gasteiger charge is 2.26. The molecule has 90 valence electrons. The number of carbonyl (C=O) groups excluding carboxylic acids is 1. The molecule has 1 aromatic carbocycles. The average Bonchev–Trinajstić information content (AvgIpc) is 2.90. The van der Waals surface area contributed by atoms with Crippen LogP contribution in [0.15, 0.2) is 12.1 Å². The zero-order valence-corrected chi connectivity index (χ0v) is 9.36. The van der Waals surface area contributed by atoms with Gasteiger partial charge in [0.25, 0.3) is 0 Å². The molecule has 0 saturated carbocycles. The molecule has 0 aromatic heterocycles. The number of fused-ring (bicyclic) bond motifs is 2. The maximum Gasteiger partial charge on any atom is 0.233 e. The van der Waals surface area contributed by atoms with E-state index >= 15 is 0 Å². The van der Waals surface area contributed by atoms with Gasteiger partial charge in [-0.05, 0) is 36.1 Å². The van der Waals surface area contributed by atoms with Crippen LogP contribution in [-0.2, 0) is 17.6 Å². The molecule has 0 saturated heterocycles. The number of benzene rings is 1. The summed E-state index contributed by atoms with van der Waals surface area (Å²) >= 11 is 0. The van der Waals surface area contributed by atoms with Crippen molar-refractivity contribution >= 4 is 5.91 Å². The standard InChI is InChI=1S/C12H14N2O3/c13-5-12(15)14-9-1-7-3-10-11(17-6-16-10)4-8(7)2-9/h3-4,9H,1-2,5-6,13H2,(H,14,15). The Morgan fingerprint density at radius 2 is 1.88 bits per heavy atom. The molecular weight excluding hydrogens is 220 g/mol. The van der Waals surface area contributed by atoms with Gasteiger partial charge in [-0.1, -0.05) is 0 Å². The van der Waals surface area contributed by atoms with Crippen LogP contribution in [0.4, 0.5) is 0 Å². The summed E-state index contributed by atoms with van der Waals surface area (Å²) in [5.74, 6) is 1.49. The third-order valence-electron chi connectivity index (χ3n) is 3.18. The molecule has 0 spiro atoms. The summed E-state index contributed by atoms with van der Waals surface area (Å²) in [6, 6.07) is 4.15. The van der Waals surface area contributed by atoms with Gasteiger partial charge in [-0.3, -0.25) is 4.79 Å². The van der Waals surface area contributed by atoms with E-state index < -0.39 is 0 Å². The predicted molar refractivity (Wildman–Crippen MR) is 61.0 cm³/mol. The van der Waals surface area contributed by atoms with E-state index in [-0.39, 0.29) is 18.5 Å². The normalized spacial score (nSPS) is 17.0. The summed E-state index contributed by atoms with van der Waals surface area (Å²) in [5.41, 5.74) is 7.72. The second-order valence-electron chi connectivity index (χ2n) is 4.35. The molecule has 0 fully saturated rings. The summed E-state index contributed by atoms with van der Waals surface area (Å²) in [5, 5.41) is 2.90. The molecule has 3 rings (SSSR count). The summed E-state index contributed by atoms with van der Waals surface area (Å²) in [6.45, 7) is 0.334. The minimum absolute atomic E-state index is 0.0373. The molecule has 1 aromatic rings. The van der Waals surface area contributed by atoms with Crippen molar-refractivity contribution in [1.29, 1.82) is 0 Å². The highest BCUT2D eigenvalue weighted by Crippen LogP contribution is 2.37. The summed E-state index contributed by atoms with van der Waals surface area (Å²) in [4.78, 5) is 11.2. The maximum absolute atomic E-state index is 11.2. The summed E-state index contributed by atoms with van der Waals surface area (Å²) in [7, 11) is 0. The first-order chi connectivity index (χ1) is 8.26. The molecule has 0 bridgehead atoms. The van der Waals surface area contributed by atoms with E-state index in [2.05, 4.69) is 5.32 Å². The zero-order valence-electron chi connectivity index (χ0n) is 9.36. The Kier molecular flexibility index (Phi) is 2.40. The predicted octanol–water partition coefficient (Wildman–Crippen LogP) is -0.0426. The van der Waals surface area contributed by atoms with Crippen LogP contribution in [0, 0.1) is 0 Å². The van der Waals surface area contributed by atoms with Crippen LogP contribution < -0.4 is 20.5 Å². The molecule has 17 heavy (non-hydrogen) atoms. The van der Waals surface area contributed by atoms with Crippen molar-refractivity contribution in [2.45, 2.75) is 18.9 Å². The Bertz CT molecular complexity index is 440. The number of hydrogen-bond acceptors (Lipinski definition) is 4. The molecule has 0 unspecified atom stereocenters. The fraction of sp³-hybridized carbons (Fsp3) is 0.417. The summed E-state index contributed by atoms with van der Waals surface area (Å²) in [6.07, 6.45) is 1.66. The Balaban J connectivity index is 1.78. The number of hydrogen-bond donors (Lipinski definition) is 2. The van der Waals surface area contributed by atoms with Gasteiger partial charge in [0.2, 0.25) is 12.7 Å². The monoisotopic (exact) mass is 234 g/mol. The Labute approximate surface area is 98.9 Å². The smallest absolute Gasteiger partial charge is 0.233 e. The van der Waals surface area contributed by atoms with Crippen LogP contribution >= 0.6 is 0 Å². The lowest BCUT2D eigenvalue weighted by molar-refractivity contribution is -0.120. The van der Waals surface area contributed by atoms with Gasteiger partial charge in [-0.2, -0.15) is 0 Å². The van der Waals surface area contributed by atoms with Gasteiger partial charge in [0.1, 0.15) is 0 Å². The zero-order chi connectivity index (χ0) is 11.8. The average molecular weight is 234 g/mol. The molecule has 1 aliphatic heterocycles. The Morgan fingerprint density at radius 1 is 1.29 bits per heavy atom. The van der Waals surface area contributed by atoms with E-state index in [4.69, 9.17) is 15.2 Å². The Hall–Kier alpha value is -1.75. The van der Waals surface area contributed by atoms with E-state index in [1.54, 1.807) is 0 Å². The minimum atomic E-state index is -0.108. The molecule has 1 amide bonds. The first-order valence-electron chi connectivity index (χ1n) is 5.67. The molecule has 0 radical (unpaired) electrons. The lowest BCUT2D eigenvalue weighted by Crippen LogP contribution is -2.39. The number of ether oxygens (including phenoxy) is 2. The molecule has 5 heteroatoms. The minimum Gasteiger partial charge on any atom is -0.454 e. The number of carbonyl (C=O) groups is 1. The fourth-order valence-electron chi connectivity index (χ4n) is 2.40. The van der Waals surface area contributed by atoms with E-state index in [0.717, 1.165) is 24.3 Å². The lowest BCUT2D eigenvalue weighted by atomic mass is 10.1. The van der Waals surface area contributed by atoms with Gasteiger partial charge in [-0.25, -0.2) is 0 Å². The van der Waals surface area contributed by atoms with Gasteiger partial charge in [0, 0.05) is 6.04 Å². The largest absolute Gasteiger partial charge is 0.454 e. The van der Waals surface area contributed by atoms with Crippen molar-refractivity contribution in [1.82, 2.24) is 5.32 Å². The van der Waals surface area contributed by atoms with E-state index in [1.165, 1.54) is 11.1 Å². The van der Waals surface area contributed by atoms with Crippen molar-refractivity contribution < 1.29 is 14.3 Å². The third kappa shape index (κ3) is 1.82. The SMILES string of the molecule is NCC(=O)NC1Cc2cc3c(cc2C1)OCO3. The summed E-state index contributed by atoms with van der Waals surface area (Å²) < 4.78 is 10.7. The molecule has 2 aliphatic rings. The fourth-order valence-corrected chi connectivity index (χ4v) is 2.40. The van der Waals surface area contributed by atoms with Crippen molar-refractivity contribution in [3.8, 4) is 11.5 Å².